The Bertz CT molecular complexity index is 307. The number of carbonyl (C=O) groups excluding carboxylic acids is 2. The van der Waals surface area contributed by atoms with E-state index in [1.807, 2.05) is 0 Å². The monoisotopic (exact) mass is 255 g/mol. The highest BCUT2D eigenvalue weighted by atomic mass is 16.2. The number of carbonyl (C=O) groups is 2. The first kappa shape index (κ1) is 15.0. The minimum Gasteiger partial charge on any atom is -0.359 e. The van der Waals surface area contributed by atoms with Gasteiger partial charge in [0.15, 0.2) is 0 Å². The molecule has 0 aromatic carbocycles. The van der Waals surface area contributed by atoms with E-state index in [-0.39, 0.29) is 23.8 Å². The molecule has 0 aliphatic heterocycles. The molecule has 1 saturated carbocycles. The largest absolute Gasteiger partial charge is 0.359 e. The van der Waals surface area contributed by atoms with E-state index in [1.165, 1.54) is 0 Å². The van der Waals surface area contributed by atoms with E-state index in [0.717, 1.165) is 19.3 Å². The van der Waals surface area contributed by atoms with Crippen LogP contribution in [-0.2, 0) is 9.59 Å². The maximum atomic E-state index is 12.2. The molecule has 5 heteroatoms. The number of hydrogen-bond acceptors (Lipinski definition) is 3. The van der Waals surface area contributed by atoms with Gasteiger partial charge in [0, 0.05) is 39.0 Å². The van der Waals surface area contributed by atoms with Gasteiger partial charge in [-0.2, -0.15) is 0 Å². The number of nitrogens with zero attached hydrogens (tertiary/aromatic N) is 1. The van der Waals surface area contributed by atoms with Crippen LogP contribution in [-0.4, -0.2) is 43.4 Å². The fraction of sp³-hybridized carbons (Fsp3) is 0.846. The lowest BCUT2D eigenvalue weighted by Crippen LogP contribution is -2.42. The average molecular weight is 255 g/mol. The zero-order valence-electron chi connectivity index (χ0n) is 11.6. The summed E-state index contributed by atoms with van der Waals surface area (Å²) in [5.74, 6) is 0.598. The summed E-state index contributed by atoms with van der Waals surface area (Å²) in [4.78, 5) is 25.0. The second kappa shape index (κ2) is 6.73. The van der Waals surface area contributed by atoms with Gasteiger partial charge >= 0.3 is 0 Å². The van der Waals surface area contributed by atoms with Gasteiger partial charge in [-0.25, -0.2) is 0 Å². The summed E-state index contributed by atoms with van der Waals surface area (Å²) in [5.41, 5.74) is 5.96. The Morgan fingerprint density at radius 1 is 1.39 bits per heavy atom. The van der Waals surface area contributed by atoms with Crippen molar-refractivity contribution < 1.29 is 9.59 Å². The van der Waals surface area contributed by atoms with Crippen molar-refractivity contribution in [3.05, 3.63) is 0 Å². The van der Waals surface area contributed by atoms with Crippen LogP contribution in [0.15, 0.2) is 0 Å². The lowest BCUT2D eigenvalue weighted by molar-refractivity contribution is -0.136. The zero-order chi connectivity index (χ0) is 13.7. The van der Waals surface area contributed by atoms with E-state index in [0.29, 0.717) is 18.9 Å². The van der Waals surface area contributed by atoms with Crippen molar-refractivity contribution in [3.63, 3.8) is 0 Å². The van der Waals surface area contributed by atoms with Crippen molar-refractivity contribution in [1.82, 2.24) is 10.2 Å². The molecule has 0 radical (unpaired) electrons. The molecule has 18 heavy (non-hydrogen) atoms. The number of nitrogens with one attached hydrogen (secondary N) is 1. The molecule has 0 spiro atoms. The summed E-state index contributed by atoms with van der Waals surface area (Å²) >= 11 is 0. The minimum atomic E-state index is -0.0336. The molecule has 3 unspecified atom stereocenters. The first-order valence-electron chi connectivity index (χ1n) is 6.66. The highest BCUT2D eigenvalue weighted by Crippen LogP contribution is 2.29. The topological polar surface area (TPSA) is 75.4 Å². The fourth-order valence-electron chi connectivity index (χ4n) is 2.46. The van der Waals surface area contributed by atoms with Crippen LogP contribution in [0.25, 0.3) is 0 Å². The predicted octanol–water partition coefficient (Wildman–Crippen LogP) is 0.344. The van der Waals surface area contributed by atoms with Crippen LogP contribution in [0.5, 0.6) is 0 Å². The molecule has 3 N–H and O–H groups in total. The summed E-state index contributed by atoms with van der Waals surface area (Å²) in [6.45, 7) is 2.59. The second-order valence-electron chi connectivity index (χ2n) is 5.33. The van der Waals surface area contributed by atoms with Crippen molar-refractivity contribution in [2.45, 2.75) is 38.6 Å². The molecule has 0 saturated heterocycles. The molecule has 5 nitrogen and oxygen atoms in total. The van der Waals surface area contributed by atoms with Crippen LogP contribution in [0.1, 0.15) is 32.6 Å². The summed E-state index contributed by atoms with van der Waals surface area (Å²) in [7, 11) is 3.37. The van der Waals surface area contributed by atoms with E-state index < -0.39 is 0 Å². The van der Waals surface area contributed by atoms with Gasteiger partial charge in [-0.05, 0) is 25.2 Å². The second-order valence-corrected chi connectivity index (χ2v) is 5.33. The fourth-order valence-corrected chi connectivity index (χ4v) is 2.46. The van der Waals surface area contributed by atoms with E-state index in [2.05, 4.69) is 12.2 Å². The standard InChI is InChI=1S/C13H25N3O2/c1-9-8-10(4-5-11(9)14)13(18)16(3)7-6-12(17)15-2/h9-11H,4-8,14H2,1-3H3,(H,15,17). The molecule has 1 aliphatic carbocycles. The van der Waals surface area contributed by atoms with Crippen molar-refractivity contribution in [2.24, 2.45) is 17.6 Å². The summed E-state index contributed by atoms with van der Waals surface area (Å²) in [5, 5.41) is 2.56. The lowest BCUT2D eigenvalue weighted by Gasteiger charge is -2.33. The van der Waals surface area contributed by atoms with Crippen LogP contribution in [0.3, 0.4) is 0 Å². The Kier molecular flexibility index (Phi) is 5.59. The first-order valence-corrected chi connectivity index (χ1v) is 6.66. The zero-order valence-corrected chi connectivity index (χ0v) is 11.6. The smallest absolute Gasteiger partial charge is 0.225 e. The molecular formula is C13H25N3O2. The summed E-state index contributed by atoms with van der Waals surface area (Å²) in [6.07, 6.45) is 3.01. The van der Waals surface area contributed by atoms with Crippen molar-refractivity contribution in [3.8, 4) is 0 Å². The molecule has 3 atom stereocenters. The van der Waals surface area contributed by atoms with Crippen LogP contribution in [0.4, 0.5) is 0 Å². The molecule has 0 heterocycles. The SMILES string of the molecule is CNC(=O)CCN(C)C(=O)C1CCC(N)C(C)C1. The molecule has 1 rings (SSSR count). The van der Waals surface area contributed by atoms with Gasteiger partial charge in [0.05, 0.1) is 0 Å². The van der Waals surface area contributed by atoms with Crippen LogP contribution in [0, 0.1) is 11.8 Å². The van der Waals surface area contributed by atoms with Crippen molar-refractivity contribution >= 4 is 11.8 Å². The first-order chi connectivity index (χ1) is 8.45. The Balaban J connectivity index is 2.41. The van der Waals surface area contributed by atoms with Gasteiger partial charge in [0.1, 0.15) is 0 Å². The average Bonchev–Trinajstić information content (AvgIpc) is 2.37. The molecule has 0 aromatic heterocycles. The van der Waals surface area contributed by atoms with Crippen LogP contribution >= 0.6 is 0 Å². The number of hydrogen-bond donors (Lipinski definition) is 2. The number of rotatable bonds is 4. The summed E-state index contributed by atoms with van der Waals surface area (Å²) in [6, 6.07) is 0.227. The Morgan fingerprint density at radius 3 is 2.61 bits per heavy atom. The number of amides is 2. The van der Waals surface area contributed by atoms with Gasteiger partial charge < -0.3 is 16.0 Å². The Hall–Kier alpha value is -1.10. The molecule has 2 amide bonds. The van der Waals surface area contributed by atoms with Gasteiger partial charge in [0.25, 0.3) is 0 Å². The Morgan fingerprint density at radius 2 is 2.06 bits per heavy atom. The third-order valence-corrected chi connectivity index (χ3v) is 3.91. The van der Waals surface area contributed by atoms with E-state index in [4.69, 9.17) is 5.73 Å². The van der Waals surface area contributed by atoms with Gasteiger partial charge in [-0.3, -0.25) is 9.59 Å². The van der Waals surface area contributed by atoms with Crippen molar-refractivity contribution in [1.29, 1.82) is 0 Å². The van der Waals surface area contributed by atoms with Crippen LogP contribution in [0.2, 0.25) is 0 Å². The molecule has 0 aromatic rings. The van der Waals surface area contributed by atoms with Gasteiger partial charge in [-0.15, -0.1) is 0 Å². The quantitative estimate of drug-likeness (QED) is 0.761. The third kappa shape index (κ3) is 3.98. The number of nitrogens with two attached hydrogens (primary N) is 1. The van der Waals surface area contributed by atoms with E-state index in [9.17, 15) is 9.59 Å². The summed E-state index contributed by atoms with van der Waals surface area (Å²) < 4.78 is 0. The predicted molar refractivity (Wildman–Crippen MR) is 70.8 cm³/mol. The normalized spacial score (nSPS) is 27.7. The van der Waals surface area contributed by atoms with E-state index in [1.54, 1.807) is 19.0 Å². The molecule has 1 fully saturated rings. The van der Waals surface area contributed by atoms with E-state index >= 15 is 0 Å². The van der Waals surface area contributed by atoms with Gasteiger partial charge in [-0.1, -0.05) is 6.92 Å². The van der Waals surface area contributed by atoms with Gasteiger partial charge in [0.2, 0.25) is 11.8 Å². The molecule has 104 valence electrons. The third-order valence-electron chi connectivity index (χ3n) is 3.91. The minimum absolute atomic E-state index is 0.0336. The molecular weight excluding hydrogens is 230 g/mol. The molecule has 0 bridgehead atoms. The maximum absolute atomic E-state index is 12.2. The highest BCUT2D eigenvalue weighted by molar-refractivity contribution is 5.80. The van der Waals surface area contributed by atoms with Crippen molar-refractivity contribution in [2.75, 3.05) is 20.6 Å². The Labute approximate surface area is 109 Å². The van der Waals surface area contributed by atoms with Crippen LogP contribution < -0.4 is 11.1 Å². The highest BCUT2D eigenvalue weighted by Gasteiger charge is 2.30. The lowest BCUT2D eigenvalue weighted by atomic mass is 9.79. The maximum Gasteiger partial charge on any atom is 0.225 e. The molecule has 1 aliphatic rings.